The minimum Gasteiger partial charge on any atom is -0.381 e. The van der Waals surface area contributed by atoms with Gasteiger partial charge in [-0.2, -0.15) is 0 Å². The van der Waals surface area contributed by atoms with Gasteiger partial charge in [-0.3, -0.25) is 0 Å². The van der Waals surface area contributed by atoms with Gasteiger partial charge in [0.2, 0.25) is 0 Å². The molecule has 0 radical (unpaired) electrons. The molecule has 2 atom stereocenters. The normalized spacial score (nSPS) is 19.0. The molecule has 2 heteroatoms. The molecule has 1 aliphatic rings. The van der Waals surface area contributed by atoms with E-state index in [1.165, 1.54) is 18.9 Å². The second-order valence-corrected chi connectivity index (χ2v) is 7.36. The van der Waals surface area contributed by atoms with Crippen LogP contribution in [0.2, 0.25) is 0 Å². The lowest BCUT2D eigenvalue weighted by Gasteiger charge is -2.35. The van der Waals surface area contributed by atoms with Crippen molar-refractivity contribution in [3.8, 4) is 0 Å². The third kappa shape index (κ3) is 4.92. The molecule has 1 aromatic carbocycles. The predicted octanol–water partition coefficient (Wildman–Crippen LogP) is 6.23. The Kier molecular flexibility index (Phi) is 6.78. The maximum atomic E-state index is 13.8. The van der Waals surface area contributed by atoms with Crippen molar-refractivity contribution in [2.24, 2.45) is 11.8 Å². The number of aryl methyl sites for hydroxylation is 1. The van der Waals surface area contributed by atoms with E-state index in [2.05, 4.69) is 20.4 Å². The molecule has 136 valence electrons. The summed E-state index contributed by atoms with van der Waals surface area (Å²) >= 11 is 0. The Hall–Kier alpha value is -1.67. The maximum Gasteiger partial charge on any atom is 0.126 e. The number of hydrogen-bond acceptors (Lipinski definition) is 1. The van der Waals surface area contributed by atoms with Gasteiger partial charge in [0, 0.05) is 0 Å². The van der Waals surface area contributed by atoms with Gasteiger partial charge in [-0.1, -0.05) is 63.6 Å². The van der Waals surface area contributed by atoms with Gasteiger partial charge in [-0.05, 0) is 66.9 Å². The van der Waals surface area contributed by atoms with Gasteiger partial charge < -0.3 is 5.11 Å². The van der Waals surface area contributed by atoms with E-state index in [4.69, 9.17) is 0 Å². The first-order valence-electron chi connectivity index (χ1n) is 9.41. The summed E-state index contributed by atoms with van der Waals surface area (Å²) < 4.78 is 13.8. The van der Waals surface area contributed by atoms with Crippen molar-refractivity contribution in [1.29, 1.82) is 0 Å². The van der Waals surface area contributed by atoms with Crippen molar-refractivity contribution in [3.63, 3.8) is 0 Å². The number of rotatable bonds is 9. The lowest BCUT2D eigenvalue weighted by molar-refractivity contribution is 0.0521. The molecule has 1 N–H and O–H groups in total. The van der Waals surface area contributed by atoms with E-state index in [1.807, 2.05) is 18.2 Å². The predicted molar refractivity (Wildman–Crippen MR) is 104 cm³/mol. The Labute approximate surface area is 152 Å². The largest absolute Gasteiger partial charge is 0.381 e. The van der Waals surface area contributed by atoms with Crippen molar-refractivity contribution >= 4 is 0 Å². The number of aliphatic hydroxyl groups is 1. The minimum atomic E-state index is -1.05. The molecular formula is C23H31FO. The first-order valence-corrected chi connectivity index (χ1v) is 9.41. The third-order valence-electron chi connectivity index (χ3n) is 5.39. The van der Waals surface area contributed by atoms with Crippen LogP contribution in [0, 0.1) is 24.6 Å². The first kappa shape index (κ1) is 19.7. The third-order valence-corrected chi connectivity index (χ3v) is 5.39. The molecule has 1 fully saturated rings. The highest BCUT2D eigenvalue weighted by Crippen LogP contribution is 2.44. The summed E-state index contributed by atoms with van der Waals surface area (Å²) in [5.74, 6) is 0.743. The molecule has 0 aromatic heterocycles. The zero-order valence-electron chi connectivity index (χ0n) is 15.8. The molecule has 1 aromatic rings. The Bertz CT molecular complexity index is 654. The van der Waals surface area contributed by atoms with Gasteiger partial charge in [0.05, 0.1) is 0 Å². The van der Waals surface area contributed by atoms with Crippen LogP contribution in [0.3, 0.4) is 0 Å². The van der Waals surface area contributed by atoms with Gasteiger partial charge in [0.15, 0.2) is 0 Å². The summed E-state index contributed by atoms with van der Waals surface area (Å²) in [4.78, 5) is 0. The molecule has 0 spiro atoms. The summed E-state index contributed by atoms with van der Waals surface area (Å²) in [6.45, 7) is 9.74. The quantitative estimate of drug-likeness (QED) is 0.528. The zero-order valence-corrected chi connectivity index (χ0v) is 15.8. The molecular weight excluding hydrogens is 311 g/mol. The molecule has 1 nitrogen and oxygen atoms in total. The van der Waals surface area contributed by atoms with Crippen LogP contribution in [-0.2, 0) is 5.60 Å². The van der Waals surface area contributed by atoms with Gasteiger partial charge in [0.25, 0.3) is 0 Å². The van der Waals surface area contributed by atoms with Crippen LogP contribution in [0.5, 0.6) is 0 Å². The lowest BCUT2D eigenvalue weighted by atomic mass is 9.75. The highest BCUT2D eigenvalue weighted by molar-refractivity contribution is 5.38. The fraction of sp³-hybridized carbons (Fsp3) is 0.478. The molecule has 1 saturated carbocycles. The average Bonchev–Trinajstić information content (AvgIpc) is 3.43. The zero-order chi connectivity index (χ0) is 18.4. The van der Waals surface area contributed by atoms with Crippen LogP contribution in [0.25, 0.3) is 0 Å². The van der Waals surface area contributed by atoms with Crippen molar-refractivity contribution < 1.29 is 9.50 Å². The van der Waals surface area contributed by atoms with Gasteiger partial charge in [-0.25, -0.2) is 4.39 Å². The molecule has 0 amide bonds. The number of hydrogen-bond donors (Lipinski definition) is 1. The number of benzene rings is 1. The molecule has 2 unspecified atom stereocenters. The average molecular weight is 342 g/mol. The van der Waals surface area contributed by atoms with E-state index in [1.54, 1.807) is 25.1 Å². The molecule has 0 heterocycles. The minimum absolute atomic E-state index is 0.228. The lowest BCUT2D eigenvalue weighted by Crippen LogP contribution is -2.32. The monoisotopic (exact) mass is 342 g/mol. The van der Waals surface area contributed by atoms with E-state index in [0.29, 0.717) is 12.0 Å². The first-order chi connectivity index (χ1) is 11.9. The highest BCUT2D eigenvalue weighted by Gasteiger charge is 2.37. The summed E-state index contributed by atoms with van der Waals surface area (Å²) in [7, 11) is 0. The molecule has 0 saturated heterocycles. The van der Waals surface area contributed by atoms with E-state index < -0.39 is 5.60 Å². The molecule has 0 bridgehead atoms. The summed E-state index contributed by atoms with van der Waals surface area (Å²) in [6, 6.07) is 5.01. The fourth-order valence-corrected chi connectivity index (χ4v) is 3.34. The van der Waals surface area contributed by atoms with Crippen molar-refractivity contribution in [1.82, 2.24) is 0 Å². The van der Waals surface area contributed by atoms with E-state index >= 15 is 0 Å². The fourth-order valence-electron chi connectivity index (χ4n) is 3.34. The van der Waals surface area contributed by atoms with Crippen molar-refractivity contribution in [2.75, 3.05) is 0 Å². The van der Waals surface area contributed by atoms with Crippen LogP contribution in [0.15, 0.2) is 54.7 Å². The summed E-state index contributed by atoms with van der Waals surface area (Å²) in [5.41, 5.74) is 1.32. The molecule has 2 rings (SSSR count). The van der Waals surface area contributed by atoms with E-state index in [9.17, 15) is 9.50 Å². The van der Waals surface area contributed by atoms with Crippen LogP contribution in [0.1, 0.15) is 57.1 Å². The second kappa shape index (κ2) is 8.62. The standard InChI is InChI=1S/C23H31FO/c1-5-7-8-9-21(17(3)6-2)23(25,15-14-19-10-11-19)20-12-13-22(24)18(4)16-20/h5,7-9,12-13,16-17,19,25H,1,6,10-11,14-15H2,2-4H3/b8-7-,21-9+. The summed E-state index contributed by atoms with van der Waals surface area (Å²) in [6.07, 6.45) is 12.7. The molecule has 1 aliphatic carbocycles. The van der Waals surface area contributed by atoms with Crippen molar-refractivity contribution in [2.45, 2.75) is 58.5 Å². The Morgan fingerprint density at radius 3 is 2.68 bits per heavy atom. The second-order valence-electron chi connectivity index (χ2n) is 7.36. The topological polar surface area (TPSA) is 20.2 Å². The Morgan fingerprint density at radius 2 is 2.12 bits per heavy atom. The Balaban J connectivity index is 2.48. The van der Waals surface area contributed by atoms with Gasteiger partial charge in [0.1, 0.15) is 11.4 Å². The maximum absolute atomic E-state index is 13.8. The Morgan fingerprint density at radius 1 is 1.40 bits per heavy atom. The number of halogens is 1. The van der Waals surface area contributed by atoms with E-state index in [-0.39, 0.29) is 11.7 Å². The van der Waals surface area contributed by atoms with Crippen LogP contribution < -0.4 is 0 Å². The van der Waals surface area contributed by atoms with E-state index in [0.717, 1.165) is 29.9 Å². The summed E-state index contributed by atoms with van der Waals surface area (Å²) in [5, 5.41) is 11.8. The highest BCUT2D eigenvalue weighted by atomic mass is 19.1. The molecule has 0 aliphatic heterocycles. The van der Waals surface area contributed by atoms with Crippen LogP contribution in [-0.4, -0.2) is 5.11 Å². The smallest absolute Gasteiger partial charge is 0.126 e. The number of allylic oxidation sites excluding steroid dienone is 4. The van der Waals surface area contributed by atoms with Crippen molar-refractivity contribution in [3.05, 3.63) is 71.6 Å². The van der Waals surface area contributed by atoms with Gasteiger partial charge in [-0.15, -0.1) is 0 Å². The SMILES string of the molecule is C=C/C=C\C=C(/C(C)CC)C(O)(CCC1CC1)c1ccc(F)c(C)c1. The van der Waals surface area contributed by atoms with Crippen LogP contribution in [0.4, 0.5) is 4.39 Å². The van der Waals surface area contributed by atoms with Gasteiger partial charge >= 0.3 is 0 Å². The molecule has 25 heavy (non-hydrogen) atoms. The van der Waals surface area contributed by atoms with Crippen LogP contribution >= 0.6 is 0 Å².